The van der Waals surface area contributed by atoms with Gasteiger partial charge in [-0.3, -0.25) is 29.3 Å². The Balaban J connectivity index is 2.22. The first-order valence-electron chi connectivity index (χ1n) is 15.1. The van der Waals surface area contributed by atoms with Crippen molar-refractivity contribution in [2.24, 2.45) is 0 Å². The Kier molecular flexibility index (Phi) is 15.1. The number of nitrogens with zero attached hydrogens (tertiary/aromatic N) is 1. The number of rotatable bonds is 14. The smallest absolute Gasteiger partial charge is 0.407 e. The molecule has 0 saturated carbocycles. The number of nitro benzene ring substituents is 1. The van der Waals surface area contributed by atoms with Crippen LogP contribution in [0.3, 0.4) is 0 Å². The van der Waals surface area contributed by atoms with Gasteiger partial charge in [0.25, 0.3) is 0 Å². The number of aliphatic hydroxyl groups excluding tert-OH is 1. The Morgan fingerprint density at radius 3 is 1.96 bits per heavy atom. The molecule has 0 bridgehead atoms. The number of nitrogens with one attached hydrogen (secondary N) is 2. The van der Waals surface area contributed by atoms with Crippen LogP contribution < -0.4 is 15.4 Å². The number of ether oxygens (including phenoxy) is 8. The summed E-state index contributed by atoms with van der Waals surface area (Å²) < 4.78 is 42.6. The zero-order valence-corrected chi connectivity index (χ0v) is 28.5. The summed E-state index contributed by atoms with van der Waals surface area (Å²) in [6.07, 6.45) is -10.7. The van der Waals surface area contributed by atoms with Gasteiger partial charge in [-0.05, 0) is 32.4 Å². The number of carbonyl (C=O) groups is 6. The normalized spacial score (nSPS) is 20.6. The van der Waals surface area contributed by atoms with Gasteiger partial charge in [-0.15, -0.1) is 0 Å². The SMILES string of the molecule is CC(=O)OCC1O[C@@H](Oc2ccc(COC(=O)NCC(O)CNC(=O)OC(C)(C)C)cc2[N+](=O)[O-])[C@@H](OC(C)=O)C(OC(C)=O)[C@H]1OC(C)=O. The largest absolute Gasteiger partial charge is 0.463 e. The molecule has 0 radical (unpaired) electrons. The average Bonchev–Trinajstić information content (AvgIpc) is 2.98. The van der Waals surface area contributed by atoms with Crippen LogP contribution >= 0.6 is 0 Å². The number of aliphatic hydroxyl groups is 1. The number of nitro groups is 1. The van der Waals surface area contributed by atoms with Crippen LogP contribution in [0.5, 0.6) is 5.75 Å². The minimum absolute atomic E-state index is 0.132. The fraction of sp³-hybridized carbons (Fsp3) is 0.600. The number of amides is 2. The summed E-state index contributed by atoms with van der Waals surface area (Å²) in [6, 6.07) is 3.46. The maximum atomic E-state index is 12.2. The second kappa shape index (κ2) is 18.5. The molecule has 2 rings (SSSR count). The van der Waals surface area contributed by atoms with Gasteiger partial charge < -0.3 is 53.6 Å². The van der Waals surface area contributed by atoms with E-state index in [0.717, 1.165) is 39.8 Å². The van der Waals surface area contributed by atoms with Crippen LogP contribution in [0.15, 0.2) is 18.2 Å². The number of carbonyl (C=O) groups excluding carboxylic acids is 6. The van der Waals surface area contributed by atoms with Crippen molar-refractivity contribution in [1.29, 1.82) is 0 Å². The Bertz CT molecular complexity index is 1410. The predicted octanol–water partition coefficient (Wildman–Crippen LogP) is 1.17. The van der Waals surface area contributed by atoms with Gasteiger partial charge in [0.15, 0.2) is 18.0 Å². The molecule has 0 aliphatic carbocycles. The second-order valence-corrected chi connectivity index (χ2v) is 11.7. The molecule has 2 amide bonds. The topological polar surface area (TPSA) is 264 Å². The third kappa shape index (κ3) is 14.1. The van der Waals surface area contributed by atoms with Crippen LogP contribution in [-0.2, 0) is 58.9 Å². The standard InChI is InChI=1S/C30H41N3O17/c1-15(34)43-14-23-24(45-16(2)35)25(46-17(3)36)26(47-18(4)37)27(49-23)48-22-9-8-19(10-21(22)33(41)42)13-44-28(39)31-11-20(38)12-32-29(40)50-30(5,6)7/h8-10,20,23-27,38H,11-14H2,1-7H3,(H,31,39)(H,32,40)/t20?,23?,24-,25?,26-,27+/m0/s1. The van der Waals surface area contributed by atoms with Crippen LogP contribution in [-0.4, -0.2) is 108 Å². The lowest BCUT2D eigenvalue weighted by molar-refractivity contribution is -0.387. The first-order valence-corrected chi connectivity index (χ1v) is 15.1. The van der Waals surface area contributed by atoms with Crippen LogP contribution in [0.25, 0.3) is 0 Å². The van der Waals surface area contributed by atoms with E-state index in [-0.39, 0.29) is 18.7 Å². The maximum Gasteiger partial charge on any atom is 0.407 e. The van der Waals surface area contributed by atoms with Gasteiger partial charge in [-0.2, -0.15) is 0 Å². The van der Waals surface area contributed by atoms with Crippen molar-refractivity contribution < 1.29 is 76.7 Å². The van der Waals surface area contributed by atoms with E-state index in [1.807, 2.05) is 0 Å². The number of hydrogen-bond acceptors (Lipinski definition) is 17. The van der Waals surface area contributed by atoms with Crippen LogP contribution in [0.2, 0.25) is 0 Å². The van der Waals surface area contributed by atoms with E-state index in [1.165, 1.54) is 6.07 Å². The molecule has 1 aromatic rings. The van der Waals surface area contributed by atoms with Gasteiger partial charge in [0.05, 0.1) is 11.0 Å². The zero-order valence-electron chi connectivity index (χ0n) is 28.5. The Labute approximate surface area is 286 Å². The quantitative estimate of drug-likeness (QED) is 0.106. The lowest BCUT2D eigenvalue weighted by Crippen LogP contribution is -2.63. The number of hydrogen-bond donors (Lipinski definition) is 3. The average molecular weight is 716 g/mol. The Morgan fingerprint density at radius 2 is 1.42 bits per heavy atom. The molecule has 3 N–H and O–H groups in total. The minimum Gasteiger partial charge on any atom is -0.463 e. The highest BCUT2D eigenvalue weighted by molar-refractivity contribution is 5.69. The Morgan fingerprint density at radius 1 is 0.860 bits per heavy atom. The summed E-state index contributed by atoms with van der Waals surface area (Å²) in [4.78, 5) is 82.7. The third-order valence-corrected chi connectivity index (χ3v) is 6.14. The number of esters is 4. The predicted molar refractivity (Wildman–Crippen MR) is 164 cm³/mol. The first kappa shape index (κ1) is 40.9. The van der Waals surface area contributed by atoms with E-state index in [9.17, 15) is 44.0 Å². The first-order chi connectivity index (χ1) is 23.2. The highest BCUT2D eigenvalue weighted by atomic mass is 16.7. The van der Waals surface area contributed by atoms with Gasteiger partial charge in [0.2, 0.25) is 12.4 Å². The van der Waals surface area contributed by atoms with E-state index in [4.69, 9.17) is 37.9 Å². The van der Waals surface area contributed by atoms with Gasteiger partial charge >= 0.3 is 41.8 Å². The van der Waals surface area contributed by atoms with Gasteiger partial charge in [0.1, 0.15) is 24.9 Å². The van der Waals surface area contributed by atoms with Crippen molar-refractivity contribution in [3.05, 3.63) is 33.9 Å². The van der Waals surface area contributed by atoms with Gasteiger partial charge in [-0.1, -0.05) is 6.07 Å². The summed E-state index contributed by atoms with van der Waals surface area (Å²) in [5.41, 5.74) is -1.26. The van der Waals surface area contributed by atoms with Crippen molar-refractivity contribution in [1.82, 2.24) is 10.6 Å². The van der Waals surface area contributed by atoms with E-state index in [1.54, 1.807) is 20.8 Å². The van der Waals surface area contributed by atoms with E-state index in [0.29, 0.717) is 0 Å². The molecule has 0 aromatic heterocycles. The monoisotopic (exact) mass is 715 g/mol. The molecular formula is C30H41N3O17. The second-order valence-electron chi connectivity index (χ2n) is 11.7. The molecule has 1 fully saturated rings. The van der Waals surface area contributed by atoms with Crippen molar-refractivity contribution in [3.8, 4) is 5.75 Å². The van der Waals surface area contributed by atoms with Crippen LogP contribution in [0.4, 0.5) is 15.3 Å². The Hall–Kier alpha value is -5.24. The molecule has 1 aliphatic heterocycles. The van der Waals surface area contributed by atoms with Crippen LogP contribution in [0, 0.1) is 10.1 Å². The van der Waals surface area contributed by atoms with Crippen molar-refractivity contribution in [2.75, 3.05) is 19.7 Å². The summed E-state index contributed by atoms with van der Waals surface area (Å²) >= 11 is 0. The lowest BCUT2D eigenvalue weighted by atomic mass is 9.98. The molecule has 278 valence electrons. The minimum atomic E-state index is -1.74. The molecule has 3 unspecified atom stereocenters. The van der Waals surface area contributed by atoms with E-state index >= 15 is 0 Å². The molecule has 1 aromatic carbocycles. The van der Waals surface area contributed by atoms with E-state index in [2.05, 4.69) is 10.6 Å². The molecule has 20 nitrogen and oxygen atoms in total. The highest BCUT2D eigenvalue weighted by Gasteiger charge is 2.53. The van der Waals surface area contributed by atoms with Gasteiger partial charge in [0, 0.05) is 46.9 Å². The van der Waals surface area contributed by atoms with Gasteiger partial charge in [-0.25, -0.2) is 9.59 Å². The molecular weight excluding hydrogens is 674 g/mol. The van der Waals surface area contributed by atoms with Crippen molar-refractivity contribution in [2.45, 2.75) is 97.5 Å². The summed E-state index contributed by atoms with van der Waals surface area (Å²) in [5.74, 6) is -3.81. The molecule has 1 heterocycles. The fourth-order valence-electron chi connectivity index (χ4n) is 4.29. The molecule has 6 atom stereocenters. The molecule has 50 heavy (non-hydrogen) atoms. The summed E-state index contributed by atoms with van der Waals surface area (Å²) in [7, 11) is 0. The van der Waals surface area contributed by atoms with E-state index < -0.39 is 108 Å². The summed E-state index contributed by atoms with van der Waals surface area (Å²) in [5, 5.41) is 26.7. The fourth-order valence-corrected chi connectivity index (χ4v) is 4.29. The lowest BCUT2D eigenvalue weighted by Gasteiger charge is -2.43. The van der Waals surface area contributed by atoms with Crippen molar-refractivity contribution >= 4 is 41.8 Å². The third-order valence-electron chi connectivity index (χ3n) is 6.14. The zero-order chi connectivity index (χ0) is 37.8. The molecule has 1 aliphatic rings. The molecule has 1 saturated heterocycles. The highest BCUT2D eigenvalue weighted by Crippen LogP contribution is 2.35. The molecule has 20 heteroatoms. The number of alkyl carbamates (subject to hydrolysis) is 2. The number of benzene rings is 1. The van der Waals surface area contributed by atoms with Crippen LogP contribution in [0.1, 0.15) is 54.0 Å². The summed E-state index contributed by atoms with van der Waals surface area (Å²) in [6.45, 7) is 7.63. The maximum absolute atomic E-state index is 12.2. The van der Waals surface area contributed by atoms with Crippen molar-refractivity contribution in [3.63, 3.8) is 0 Å². The molecule has 0 spiro atoms.